The Balaban J connectivity index is 1.24. The molecule has 0 aromatic heterocycles. The predicted octanol–water partition coefficient (Wildman–Crippen LogP) is 6.19. The van der Waals surface area contributed by atoms with E-state index in [9.17, 15) is 9.59 Å². The van der Waals surface area contributed by atoms with Crippen LogP contribution in [-0.4, -0.2) is 69.4 Å². The van der Waals surface area contributed by atoms with Gasteiger partial charge in [-0.15, -0.1) is 0 Å². The van der Waals surface area contributed by atoms with Gasteiger partial charge >= 0.3 is 0 Å². The molecule has 1 spiro atoms. The van der Waals surface area contributed by atoms with Crippen molar-refractivity contribution < 1.29 is 9.59 Å². The van der Waals surface area contributed by atoms with Crippen LogP contribution in [0.1, 0.15) is 63.6 Å². The molecule has 0 unspecified atom stereocenters. The Hall–Kier alpha value is -2.52. The number of likely N-dealkylation sites (tertiary alicyclic amines) is 1. The minimum atomic E-state index is -0.622. The van der Waals surface area contributed by atoms with Gasteiger partial charge in [-0.05, 0) is 85.7 Å². The average Bonchev–Trinajstić information content (AvgIpc) is 3.31. The number of allylic oxidation sites excluding steroid dienone is 1. The first-order valence-corrected chi connectivity index (χ1v) is 16.8. The number of thioether (sulfide) groups is 1. The zero-order valence-electron chi connectivity index (χ0n) is 24.8. The van der Waals surface area contributed by atoms with E-state index in [1.807, 2.05) is 46.2 Å². The lowest BCUT2D eigenvalue weighted by atomic mass is 9.81. The van der Waals surface area contributed by atoms with Crippen LogP contribution in [0.3, 0.4) is 0 Å². The molecule has 4 aliphatic heterocycles. The number of carbonyl (C=O) groups is 2. The first-order chi connectivity index (χ1) is 20.6. The van der Waals surface area contributed by atoms with Crippen LogP contribution >= 0.6 is 35.0 Å². The molecule has 2 aromatic carbocycles. The van der Waals surface area contributed by atoms with E-state index in [2.05, 4.69) is 43.1 Å². The van der Waals surface area contributed by atoms with Crippen molar-refractivity contribution in [3.8, 4) is 0 Å². The van der Waals surface area contributed by atoms with E-state index in [1.54, 1.807) is 0 Å². The largest absolute Gasteiger partial charge is 0.338 e. The quantitative estimate of drug-likeness (QED) is 0.423. The number of rotatable bonds is 5. The van der Waals surface area contributed by atoms with E-state index in [0.717, 1.165) is 54.3 Å². The van der Waals surface area contributed by atoms with Gasteiger partial charge in [0.1, 0.15) is 16.5 Å². The highest BCUT2D eigenvalue weighted by molar-refractivity contribution is 8.18. The van der Waals surface area contributed by atoms with Crippen molar-refractivity contribution in [3.05, 3.63) is 80.3 Å². The number of hydrogen-bond donors (Lipinski definition) is 1. The lowest BCUT2D eigenvalue weighted by Gasteiger charge is -2.38. The van der Waals surface area contributed by atoms with Crippen LogP contribution < -0.4 is 5.32 Å². The highest BCUT2D eigenvalue weighted by Crippen LogP contribution is 2.56. The SMILES string of the molecule is CC(C)C1=C(C(=O)N2CCC[C@@H]2C(=O)N2CCNC3(CC3)C2)SC2=N[C@@](C)(c3ccc(Cl)cc3)[C@@H](c3ccc(Cl)cc3)N21. The summed E-state index contributed by atoms with van der Waals surface area (Å²) in [6, 6.07) is 15.2. The molecule has 10 heteroatoms. The van der Waals surface area contributed by atoms with Crippen LogP contribution in [-0.2, 0) is 15.1 Å². The van der Waals surface area contributed by atoms with Crippen LogP contribution in [0.2, 0.25) is 10.0 Å². The fraction of sp³-hybridized carbons (Fsp3) is 0.485. The fourth-order valence-electron chi connectivity index (χ4n) is 7.30. The van der Waals surface area contributed by atoms with Gasteiger partial charge in [0.05, 0.1) is 6.04 Å². The number of aliphatic imine (C=N–C) groups is 1. The van der Waals surface area contributed by atoms with Crippen LogP contribution in [0, 0.1) is 5.92 Å². The van der Waals surface area contributed by atoms with E-state index >= 15 is 0 Å². The highest BCUT2D eigenvalue weighted by Gasteiger charge is 2.54. The maximum absolute atomic E-state index is 14.4. The first kappa shape index (κ1) is 29.2. The van der Waals surface area contributed by atoms with Gasteiger partial charge in [0.25, 0.3) is 5.91 Å². The summed E-state index contributed by atoms with van der Waals surface area (Å²) in [6.45, 7) is 9.27. The summed E-state index contributed by atoms with van der Waals surface area (Å²) in [5.41, 5.74) is 2.55. The second kappa shape index (κ2) is 10.8. The van der Waals surface area contributed by atoms with E-state index in [1.165, 1.54) is 11.8 Å². The van der Waals surface area contributed by atoms with E-state index in [-0.39, 0.29) is 29.3 Å². The number of halogens is 2. The topological polar surface area (TPSA) is 68.2 Å². The van der Waals surface area contributed by atoms with Crippen LogP contribution in [0.25, 0.3) is 0 Å². The first-order valence-electron chi connectivity index (χ1n) is 15.3. The number of nitrogens with zero attached hydrogens (tertiary/aromatic N) is 4. The third-order valence-corrected chi connectivity index (χ3v) is 11.3. The van der Waals surface area contributed by atoms with Gasteiger partial charge in [-0.2, -0.15) is 0 Å². The Bertz CT molecular complexity index is 1520. The summed E-state index contributed by atoms with van der Waals surface area (Å²) in [4.78, 5) is 40.4. The van der Waals surface area contributed by atoms with E-state index in [4.69, 9.17) is 28.2 Å². The lowest BCUT2D eigenvalue weighted by molar-refractivity contribution is -0.142. The van der Waals surface area contributed by atoms with Crippen LogP contribution in [0.15, 0.2) is 64.1 Å². The third kappa shape index (κ3) is 4.98. The van der Waals surface area contributed by atoms with Gasteiger partial charge in [0.2, 0.25) is 5.91 Å². The molecule has 1 aliphatic carbocycles. The van der Waals surface area contributed by atoms with Crippen molar-refractivity contribution in [3.63, 3.8) is 0 Å². The molecule has 43 heavy (non-hydrogen) atoms. The summed E-state index contributed by atoms with van der Waals surface area (Å²) in [5, 5.41) is 5.74. The standard InChI is InChI=1S/C33H37Cl2N5O2S/c1-20(2)26-27(30(42)39-17-4-5-25(39)29(41)38-18-16-36-33(19-38)14-15-33)43-31-37-32(3,22-8-12-24(35)13-9-22)28(40(26)31)21-6-10-23(34)11-7-21/h6-13,20,25,28,36H,4-5,14-19H2,1-3H3/t25-,28-,32+/m1/s1. The highest BCUT2D eigenvalue weighted by atomic mass is 35.5. The Labute approximate surface area is 267 Å². The predicted molar refractivity (Wildman–Crippen MR) is 173 cm³/mol. The number of fused-ring (bicyclic) bond motifs is 1. The molecule has 1 N–H and O–H groups in total. The molecular weight excluding hydrogens is 601 g/mol. The van der Waals surface area contributed by atoms with Crippen LogP contribution in [0.4, 0.5) is 0 Å². The van der Waals surface area contributed by atoms with Gasteiger partial charge in [-0.25, -0.2) is 4.99 Å². The zero-order valence-corrected chi connectivity index (χ0v) is 27.1. The zero-order chi connectivity index (χ0) is 30.1. The summed E-state index contributed by atoms with van der Waals surface area (Å²) in [6.07, 6.45) is 3.78. The van der Waals surface area contributed by atoms with Gasteiger partial charge in [0.15, 0.2) is 5.17 Å². The molecule has 0 radical (unpaired) electrons. The fourth-order valence-corrected chi connectivity index (χ4v) is 8.92. The van der Waals surface area contributed by atoms with Crippen molar-refractivity contribution in [1.29, 1.82) is 0 Å². The molecule has 7 rings (SSSR count). The van der Waals surface area contributed by atoms with Crippen LogP contribution in [0.5, 0.6) is 0 Å². The smallest absolute Gasteiger partial charge is 0.263 e. The van der Waals surface area contributed by atoms with E-state index < -0.39 is 11.6 Å². The second-order valence-electron chi connectivity index (χ2n) is 13.0. The molecule has 2 saturated heterocycles. The normalized spacial score (nSPS) is 27.8. The molecule has 226 valence electrons. The Kier molecular flexibility index (Phi) is 7.35. The van der Waals surface area contributed by atoms with Gasteiger partial charge < -0.3 is 20.0 Å². The van der Waals surface area contributed by atoms with Crippen molar-refractivity contribution in [2.45, 2.75) is 69.6 Å². The number of carbonyl (C=O) groups excluding carboxylic acids is 2. The Morgan fingerprint density at radius 3 is 2.35 bits per heavy atom. The van der Waals surface area contributed by atoms with Gasteiger partial charge in [-0.1, -0.05) is 61.3 Å². The molecule has 5 aliphatic rings. The molecule has 3 atom stereocenters. The number of amidine groups is 1. The number of benzene rings is 2. The summed E-state index contributed by atoms with van der Waals surface area (Å²) in [5.74, 6) is 0.0997. The van der Waals surface area contributed by atoms with E-state index in [0.29, 0.717) is 34.5 Å². The molecule has 7 nitrogen and oxygen atoms in total. The lowest BCUT2D eigenvalue weighted by Crippen LogP contribution is -2.58. The molecule has 2 amide bonds. The van der Waals surface area contributed by atoms with Crippen molar-refractivity contribution in [2.75, 3.05) is 26.2 Å². The molecule has 4 heterocycles. The summed E-state index contributed by atoms with van der Waals surface area (Å²) < 4.78 is 0. The maximum Gasteiger partial charge on any atom is 0.263 e. The number of piperazine rings is 1. The second-order valence-corrected chi connectivity index (χ2v) is 14.8. The van der Waals surface area contributed by atoms with Crippen molar-refractivity contribution in [2.24, 2.45) is 10.9 Å². The van der Waals surface area contributed by atoms with Crippen molar-refractivity contribution in [1.82, 2.24) is 20.0 Å². The third-order valence-electron chi connectivity index (χ3n) is 9.70. The molecule has 0 bridgehead atoms. The van der Waals surface area contributed by atoms with Gasteiger partial charge in [0, 0.05) is 47.5 Å². The molecule has 3 fully saturated rings. The number of nitrogens with one attached hydrogen (secondary N) is 1. The maximum atomic E-state index is 14.4. The summed E-state index contributed by atoms with van der Waals surface area (Å²) in [7, 11) is 0. The molecular formula is C33H37Cl2N5O2S. The van der Waals surface area contributed by atoms with Gasteiger partial charge in [-0.3, -0.25) is 9.59 Å². The minimum absolute atomic E-state index is 0.0547. The summed E-state index contributed by atoms with van der Waals surface area (Å²) >= 11 is 14.0. The van der Waals surface area contributed by atoms with Crippen molar-refractivity contribution >= 4 is 51.9 Å². The minimum Gasteiger partial charge on any atom is -0.338 e. The Morgan fingerprint density at radius 1 is 1.02 bits per heavy atom. The molecule has 2 aromatic rings. The Morgan fingerprint density at radius 2 is 1.70 bits per heavy atom. The average molecular weight is 639 g/mol. The number of hydrogen-bond acceptors (Lipinski definition) is 6. The number of amides is 2. The monoisotopic (exact) mass is 637 g/mol. The molecule has 1 saturated carbocycles.